The SMILES string of the molecule is CCO[C@H](CCOC(=O)CS)[C@H](OC(=O)Nc1ccc(C)cc1)c1cc(Br)cc(Br)c1O. The number of phenols is 1. The number of nitrogens with one attached hydrogen (secondary N) is 1. The van der Waals surface area contributed by atoms with E-state index < -0.39 is 24.3 Å². The predicted molar refractivity (Wildman–Crippen MR) is 132 cm³/mol. The number of benzene rings is 2. The van der Waals surface area contributed by atoms with E-state index in [-0.39, 0.29) is 24.5 Å². The minimum Gasteiger partial charge on any atom is -0.506 e. The van der Waals surface area contributed by atoms with Crippen molar-refractivity contribution in [1.82, 2.24) is 0 Å². The predicted octanol–water partition coefficient (Wildman–Crippen LogP) is 5.78. The smallest absolute Gasteiger partial charge is 0.412 e. The highest BCUT2D eigenvalue weighted by Gasteiger charge is 2.31. The summed E-state index contributed by atoms with van der Waals surface area (Å²) >= 11 is 10.6. The van der Waals surface area contributed by atoms with Crippen LogP contribution in [0.4, 0.5) is 10.5 Å². The number of amides is 1. The van der Waals surface area contributed by atoms with Gasteiger partial charge in [0, 0.05) is 28.8 Å². The number of thiol groups is 1. The molecule has 0 aliphatic rings. The fraction of sp³-hybridized carbons (Fsp3) is 0.364. The lowest BCUT2D eigenvalue weighted by molar-refractivity contribution is -0.142. The first-order valence-corrected chi connectivity index (χ1v) is 12.1. The maximum atomic E-state index is 12.7. The number of esters is 1. The Kier molecular flexibility index (Phi) is 10.8. The van der Waals surface area contributed by atoms with Crippen molar-refractivity contribution in [2.24, 2.45) is 0 Å². The topological polar surface area (TPSA) is 94.1 Å². The second-order valence-electron chi connectivity index (χ2n) is 6.80. The Hall–Kier alpha value is -1.75. The van der Waals surface area contributed by atoms with E-state index in [4.69, 9.17) is 14.2 Å². The van der Waals surface area contributed by atoms with Gasteiger partial charge in [-0.3, -0.25) is 10.1 Å². The molecule has 2 N–H and O–H groups in total. The molecule has 2 atom stereocenters. The van der Waals surface area contributed by atoms with Crippen molar-refractivity contribution in [3.63, 3.8) is 0 Å². The van der Waals surface area contributed by atoms with E-state index in [0.717, 1.165) is 5.56 Å². The van der Waals surface area contributed by atoms with Crippen LogP contribution in [0.2, 0.25) is 0 Å². The molecule has 32 heavy (non-hydrogen) atoms. The van der Waals surface area contributed by atoms with Crippen LogP contribution >= 0.6 is 44.5 Å². The van der Waals surface area contributed by atoms with Crippen LogP contribution < -0.4 is 5.32 Å². The average molecular weight is 591 g/mol. The molecular formula is C22H25Br2NO6S. The number of anilines is 1. The fourth-order valence-corrected chi connectivity index (χ4v) is 4.26. The lowest BCUT2D eigenvalue weighted by Gasteiger charge is -2.28. The van der Waals surface area contributed by atoms with Gasteiger partial charge < -0.3 is 19.3 Å². The van der Waals surface area contributed by atoms with Crippen molar-refractivity contribution in [2.75, 3.05) is 24.3 Å². The highest BCUT2D eigenvalue weighted by molar-refractivity contribution is 9.11. The Morgan fingerprint density at radius 1 is 1.19 bits per heavy atom. The van der Waals surface area contributed by atoms with Crippen molar-refractivity contribution in [2.45, 2.75) is 32.5 Å². The van der Waals surface area contributed by atoms with Crippen LogP contribution in [0.15, 0.2) is 45.3 Å². The third kappa shape index (κ3) is 7.99. The fourth-order valence-electron chi connectivity index (χ4n) is 2.91. The number of halogens is 2. The minimum atomic E-state index is -0.982. The van der Waals surface area contributed by atoms with Crippen LogP contribution in [-0.2, 0) is 19.0 Å². The van der Waals surface area contributed by atoms with Gasteiger partial charge in [-0.15, -0.1) is 0 Å². The van der Waals surface area contributed by atoms with Gasteiger partial charge in [-0.1, -0.05) is 33.6 Å². The van der Waals surface area contributed by atoms with Crippen LogP contribution in [0.25, 0.3) is 0 Å². The second kappa shape index (κ2) is 13.1. The molecule has 0 saturated heterocycles. The molecule has 0 bridgehead atoms. The molecule has 1 amide bonds. The minimum absolute atomic E-state index is 0.0411. The van der Waals surface area contributed by atoms with E-state index in [2.05, 4.69) is 49.8 Å². The number of carbonyl (C=O) groups excluding carboxylic acids is 2. The van der Waals surface area contributed by atoms with E-state index in [9.17, 15) is 14.7 Å². The number of rotatable bonds is 10. The monoisotopic (exact) mass is 589 g/mol. The molecule has 10 heteroatoms. The Labute approximate surface area is 209 Å². The van der Waals surface area contributed by atoms with Crippen LogP contribution in [0.3, 0.4) is 0 Å². The van der Waals surface area contributed by atoms with Gasteiger partial charge in [0.1, 0.15) is 11.9 Å². The first-order chi connectivity index (χ1) is 15.2. The molecule has 0 unspecified atom stereocenters. The molecule has 2 aromatic rings. The molecule has 0 heterocycles. The molecule has 2 aromatic carbocycles. The Morgan fingerprint density at radius 3 is 2.50 bits per heavy atom. The summed E-state index contributed by atoms with van der Waals surface area (Å²) in [4.78, 5) is 24.2. The molecule has 0 spiro atoms. The molecular weight excluding hydrogens is 566 g/mol. The van der Waals surface area contributed by atoms with Crippen molar-refractivity contribution < 1.29 is 28.9 Å². The van der Waals surface area contributed by atoms with Gasteiger partial charge in [0.15, 0.2) is 6.10 Å². The van der Waals surface area contributed by atoms with Gasteiger partial charge in [0.05, 0.1) is 16.8 Å². The van der Waals surface area contributed by atoms with E-state index in [1.54, 1.807) is 31.2 Å². The Bertz CT molecular complexity index is 925. The van der Waals surface area contributed by atoms with Gasteiger partial charge >= 0.3 is 12.1 Å². The van der Waals surface area contributed by atoms with Gasteiger partial charge in [0.25, 0.3) is 0 Å². The average Bonchev–Trinajstić information content (AvgIpc) is 2.75. The number of hydrogen-bond acceptors (Lipinski definition) is 7. The third-order valence-corrected chi connectivity index (χ3v) is 5.73. The zero-order chi connectivity index (χ0) is 23.7. The van der Waals surface area contributed by atoms with Crippen molar-refractivity contribution in [3.8, 4) is 5.75 Å². The number of carbonyl (C=O) groups is 2. The van der Waals surface area contributed by atoms with Gasteiger partial charge in [-0.25, -0.2) is 4.79 Å². The summed E-state index contributed by atoms with van der Waals surface area (Å²) in [6.07, 6.45) is -2.15. The van der Waals surface area contributed by atoms with Gasteiger partial charge in [0.2, 0.25) is 0 Å². The first kappa shape index (κ1) is 26.5. The van der Waals surface area contributed by atoms with Crippen molar-refractivity contribution in [3.05, 3.63) is 56.5 Å². The van der Waals surface area contributed by atoms with E-state index in [0.29, 0.717) is 26.8 Å². The summed E-state index contributed by atoms with van der Waals surface area (Å²) in [7, 11) is 0. The second-order valence-corrected chi connectivity index (χ2v) is 8.89. The molecule has 2 rings (SSSR count). The molecule has 0 aliphatic heterocycles. The summed E-state index contributed by atoms with van der Waals surface area (Å²) in [6, 6.07) is 10.6. The largest absolute Gasteiger partial charge is 0.506 e. The summed E-state index contributed by atoms with van der Waals surface area (Å²) in [6.45, 7) is 4.10. The highest BCUT2D eigenvalue weighted by atomic mass is 79.9. The van der Waals surface area contributed by atoms with E-state index in [1.165, 1.54) is 0 Å². The van der Waals surface area contributed by atoms with E-state index >= 15 is 0 Å². The zero-order valence-electron chi connectivity index (χ0n) is 17.6. The number of ether oxygens (including phenoxy) is 3. The number of phenolic OH excluding ortho intramolecular Hbond substituents is 1. The maximum absolute atomic E-state index is 12.7. The van der Waals surface area contributed by atoms with Crippen molar-refractivity contribution in [1.29, 1.82) is 0 Å². The summed E-state index contributed by atoms with van der Waals surface area (Å²) in [5.74, 6) is -0.595. The molecule has 0 fully saturated rings. The normalized spacial score (nSPS) is 12.7. The number of aromatic hydroxyl groups is 1. The summed E-state index contributed by atoms with van der Waals surface area (Å²) < 4.78 is 17.7. The van der Waals surface area contributed by atoms with Crippen LogP contribution in [0.1, 0.15) is 30.6 Å². The lowest BCUT2D eigenvalue weighted by atomic mass is 10.0. The van der Waals surface area contributed by atoms with Crippen molar-refractivity contribution >= 4 is 62.2 Å². The van der Waals surface area contributed by atoms with E-state index in [1.807, 2.05) is 19.1 Å². The van der Waals surface area contributed by atoms with Crippen LogP contribution in [-0.4, -0.2) is 42.2 Å². The summed E-state index contributed by atoms with van der Waals surface area (Å²) in [5.41, 5.74) is 1.96. The molecule has 0 aliphatic carbocycles. The first-order valence-electron chi connectivity index (χ1n) is 9.85. The number of aryl methyl sites for hydroxylation is 1. The highest BCUT2D eigenvalue weighted by Crippen LogP contribution is 2.39. The molecule has 7 nitrogen and oxygen atoms in total. The zero-order valence-corrected chi connectivity index (χ0v) is 21.7. The van der Waals surface area contributed by atoms with Gasteiger partial charge in [-0.2, -0.15) is 12.6 Å². The lowest BCUT2D eigenvalue weighted by Crippen LogP contribution is -2.30. The Morgan fingerprint density at radius 2 is 1.88 bits per heavy atom. The number of hydrogen-bond donors (Lipinski definition) is 3. The maximum Gasteiger partial charge on any atom is 0.412 e. The quantitative estimate of drug-likeness (QED) is 0.240. The third-order valence-electron chi connectivity index (χ3n) is 4.41. The summed E-state index contributed by atoms with van der Waals surface area (Å²) in [5, 5.41) is 13.3. The van der Waals surface area contributed by atoms with Crippen LogP contribution in [0.5, 0.6) is 5.75 Å². The molecule has 0 saturated carbocycles. The molecule has 0 aromatic heterocycles. The van der Waals surface area contributed by atoms with Gasteiger partial charge in [-0.05, 0) is 54.0 Å². The standard InChI is InChI=1S/C22H25Br2NO6S/c1-3-29-18(8-9-30-19(26)12-32)21(16-10-14(23)11-17(24)20(16)27)31-22(28)25-15-6-4-13(2)5-7-15/h4-7,10-11,18,21,27,32H,3,8-9,12H2,1-2H3,(H,25,28)/t18-,21-/m1/s1. The molecule has 174 valence electrons. The Balaban J connectivity index is 2.31. The molecule has 0 radical (unpaired) electrons. The van der Waals surface area contributed by atoms with Crippen LogP contribution in [0, 0.1) is 6.92 Å².